The average molecular weight is 290 g/mol. The van der Waals surface area contributed by atoms with E-state index in [-0.39, 0.29) is 11.9 Å². The first kappa shape index (κ1) is 13.2. The topological polar surface area (TPSA) is 46.9 Å². The number of hydrogen-bond acceptors (Lipinski definition) is 2. The van der Waals surface area contributed by atoms with Crippen molar-refractivity contribution < 1.29 is 4.79 Å². The van der Waals surface area contributed by atoms with Crippen LogP contribution in [-0.4, -0.2) is 21.7 Å². The molecule has 0 bridgehead atoms. The zero-order valence-corrected chi connectivity index (χ0v) is 11.8. The van der Waals surface area contributed by atoms with Crippen LogP contribution in [0.15, 0.2) is 36.5 Å². The summed E-state index contributed by atoms with van der Waals surface area (Å²) in [6.45, 7) is 0.860. The molecule has 20 heavy (non-hydrogen) atoms. The molecule has 0 spiro atoms. The van der Waals surface area contributed by atoms with E-state index in [0.717, 1.165) is 24.9 Å². The molecule has 1 amide bonds. The van der Waals surface area contributed by atoms with Gasteiger partial charge in [-0.3, -0.25) is 9.48 Å². The molecule has 1 unspecified atom stereocenters. The third-order valence-corrected chi connectivity index (χ3v) is 3.99. The van der Waals surface area contributed by atoms with Gasteiger partial charge in [-0.25, -0.2) is 0 Å². The Morgan fingerprint density at radius 2 is 2.25 bits per heavy atom. The molecule has 0 saturated carbocycles. The third-order valence-electron chi connectivity index (χ3n) is 3.62. The summed E-state index contributed by atoms with van der Waals surface area (Å²) in [6, 6.07) is 9.65. The predicted octanol–water partition coefficient (Wildman–Crippen LogP) is 2.21. The fourth-order valence-corrected chi connectivity index (χ4v) is 2.79. The van der Waals surface area contributed by atoms with Crippen LogP contribution in [0.5, 0.6) is 0 Å². The number of carbonyl (C=O) groups is 1. The van der Waals surface area contributed by atoms with Crippen molar-refractivity contribution in [2.24, 2.45) is 0 Å². The van der Waals surface area contributed by atoms with Gasteiger partial charge in [-0.15, -0.1) is 0 Å². The highest BCUT2D eigenvalue weighted by molar-refractivity contribution is 6.31. The van der Waals surface area contributed by atoms with E-state index in [2.05, 4.69) is 10.4 Å². The normalized spacial score (nSPS) is 17.6. The zero-order chi connectivity index (χ0) is 13.9. The first-order chi connectivity index (χ1) is 9.72. The zero-order valence-electron chi connectivity index (χ0n) is 11.1. The quantitative estimate of drug-likeness (QED) is 0.942. The fraction of sp³-hybridized carbons (Fsp3) is 0.333. The summed E-state index contributed by atoms with van der Waals surface area (Å²) in [5.74, 6) is 0.0241. The lowest BCUT2D eigenvalue weighted by Gasteiger charge is -2.24. The van der Waals surface area contributed by atoms with Crippen LogP contribution in [0.25, 0.3) is 0 Å². The van der Waals surface area contributed by atoms with Crippen LogP contribution >= 0.6 is 11.6 Å². The van der Waals surface area contributed by atoms with Crippen LogP contribution in [0.4, 0.5) is 0 Å². The Kier molecular flexibility index (Phi) is 3.74. The van der Waals surface area contributed by atoms with Crippen molar-refractivity contribution in [3.05, 3.63) is 52.8 Å². The number of halogens is 1. The molecule has 0 fully saturated rings. The Morgan fingerprint density at radius 1 is 1.40 bits per heavy atom. The number of benzene rings is 1. The number of amides is 1. The van der Waals surface area contributed by atoms with Crippen molar-refractivity contribution in [3.63, 3.8) is 0 Å². The van der Waals surface area contributed by atoms with Gasteiger partial charge < -0.3 is 5.32 Å². The molecular formula is C15H16ClN3O. The van der Waals surface area contributed by atoms with Crippen molar-refractivity contribution in [1.82, 2.24) is 15.1 Å². The summed E-state index contributed by atoms with van der Waals surface area (Å²) >= 11 is 6.07. The number of aromatic nitrogens is 2. The smallest absolute Gasteiger partial charge is 0.224 e. The minimum absolute atomic E-state index is 0.0241. The van der Waals surface area contributed by atoms with E-state index in [1.54, 1.807) is 0 Å². The molecule has 0 aliphatic carbocycles. The van der Waals surface area contributed by atoms with Gasteiger partial charge >= 0.3 is 0 Å². The Labute approximate surface area is 122 Å². The van der Waals surface area contributed by atoms with Crippen LogP contribution in [0.2, 0.25) is 5.02 Å². The van der Waals surface area contributed by atoms with Gasteiger partial charge in [0.15, 0.2) is 0 Å². The Morgan fingerprint density at radius 3 is 3.10 bits per heavy atom. The van der Waals surface area contributed by atoms with E-state index in [1.807, 2.05) is 41.2 Å². The number of nitrogens with one attached hydrogen (secondary N) is 1. The maximum Gasteiger partial charge on any atom is 0.224 e. The summed E-state index contributed by atoms with van der Waals surface area (Å²) in [7, 11) is 0. The number of aryl methyl sites for hydroxylation is 1. The van der Waals surface area contributed by atoms with Gasteiger partial charge in [0.1, 0.15) is 0 Å². The standard InChI is InChI=1S/C15H16ClN3O/c16-14-4-2-1-3-11(14)9-15(20)18-12-6-8-19-13(10-12)5-7-17-19/h1-5,7,12H,6,8-10H2,(H,18,20). The maximum atomic E-state index is 12.1. The first-order valence-corrected chi connectivity index (χ1v) is 7.13. The molecule has 1 atom stereocenters. The van der Waals surface area contributed by atoms with Gasteiger partial charge in [-0.05, 0) is 24.1 Å². The minimum Gasteiger partial charge on any atom is -0.353 e. The predicted molar refractivity (Wildman–Crippen MR) is 77.6 cm³/mol. The summed E-state index contributed by atoms with van der Waals surface area (Å²) in [4.78, 5) is 12.1. The van der Waals surface area contributed by atoms with Gasteiger partial charge in [-0.2, -0.15) is 5.10 Å². The van der Waals surface area contributed by atoms with Gasteiger partial charge in [0.25, 0.3) is 0 Å². The van der Waals surface area contributed by atoms with Crippen LogP contribution in [0.3, 0.4) is 0 Å². The number of fused-ring (bicyclic) bond motifs is 1. The van der Waals surface area contributed by atoms with E-state index >= 15 is 0 Å². The molecule has 2 aromatic rings. The molecule has 2 heterocycles. The molecule has 3 rings (SSSR count). The monoisotopic (exact) mass is 289 g/mol. The third kappa shape index (κ3) is 2.85. The van der Waals surface area contributed by atoms with Crippen molar-refractivity contribution in [2.75, 3.05) is 0 Å². The first-order valence-electron chi connectivity index (χ1n) is 6.76. The van der Waals surface area contributed by atoms with E-state index in [9.17, 15) is 4.79 Å². The lowest BCUT2D eigenvalue weighted by atomic mass is 10.0. The van der Waals surface area contributed by atoms with Gasteiger partial charge in [0.2, 0.25) is 5.91 Å². The summed E-state index contributed by atoms with van der Waals surface area (Å²) < 4.78 is 2.00. The highest BCUT2D eigenvalue weighted by Crippen LogP contribution is 2.17. The van der Waals surface area contributed by atoms with Crippen LogP contribution in [0.1, 0.15) is 17.7 Å². The molecule has 4 nitrogen and oxygen atoms in total. The van der Waals surface area contributed by atoms with Gasteiger partial charge in [-0.1, -0.05) is 29.8 Å². The lowest BCUT2D eigenvalue weighted by Crippen LogP contribution is -2.40. The fourth-order valence-electron chi connectivity index (χ4n) is 2.58. The van der Waals surface area contributed by atoms with Crippen LogP contribution in [0, 0.1) is 0 Å². The van der Waals surface area contributed by atoms with Crippen molar-refractivity contribution >= 4 is 17.5 Å². The number of carbonyl (C=O) groups excluding carboxylic acids is 1. The highest BCUT2D eigenvalue weighted by Gasteiger charge is 2.20. The van der Waals surface area contributed by atoms with Crippen LogP contribution < -0.4 is 5.32 Å². The molecule has 1 aromatic heterocycles. The van der Waals surface area contributed by atoms with Gasteiger partial charge in [0.05, 0.1) is 6.42 Å². The molecule has 1 aromatic carbocycles. The number of hydrogen-bond donors (Lipinski definition) is 1. The largest absolute Gasteiger partial charge is 0.353 e. The van der Waals surface area contributed by atoms with E-state index in [1.165, 1.54) is 5.69 Å². The Balaban J connectivity index is 1.59. The molecule has 1 N–H and O–H groups in total. The van der Waals surface area contributed by atoms with E-state index in [0.29, 0.717) is 11.4 Å². The highest BCUT2D eigenvalue weighted by atomic mass is 35.5. The number of rotatable bonds is 3. The molecular weight excluding hydrogens is 274 g/mol. The van der Waals surface area contributed by atoms with Crippen molar-refractivity contribution in [2.45, 2.75) is 31.8 Å². The van der Waals surface area contributed by atoms with E-state index < -0.39 is 0 Å². The SMILES string of the molecule is O=C(Cc1ccccc1Cl)NC1CCn2nccc2C1. The number of nitrogens with zero attached hydrogens (tertiary/aromatic N) is 2. The molecule has 0 saturated heterocycles. The molecule has 1 aliphatic heterocycles. The molecule has 5 heteroatoms. The second-order valence-corrected chi connectivity index (χ2v) is 5.48. The average Bonchev–Trinajstić information content (AvgIpc) is 2.89. The molecule has 104 valence electrons. The van der Waals surface area contributed by atoms with Crippen LogP contribution in [-0.2, 0) is 24.2 Å². The van der Waals surface area contributed by atoms with E-state index in [4.69, 9.17) is 11.6 Å². The second kappa shape index (κ2) is 5.67. The second-order valence-electron chi connectivity index (χ2n) is 5.07. The maximum absolute atomic E-state index is 12.1. The van der Waals surface area contributed by atoms with Crippen molar-refractivity contribution in [1.29, 1.82) is 0 Å². The molecule has 1 aliphatic rings. The Bertz CT molecular complexity index is 623. The summed E-state index contributed by atoms with van der Waals surface area (Å²) in [5.41, 5.74) is 2.05. The summed E-state index contributed by atoms with van der Waals surface area (Å²) in [6.07, 6.45) is 3.90. The summed E-state index contributed by atoms with van der Waals surface area (Å²) in [5, 5.41) is 7.97. The molecule has 0 radical (unpaired) electrons. The van der Waals surface area contributed by atoms with Gasteiger partial charge in [0, 0.05) is 35.9 Å². The lowest BCUT2D eigenvalue weighted by molar-refractivity contribution is -0.121. The van der Waals surface area contributed by atoms with Crippen molar-refractivity contribution in [3.8, 4) is 0 Å². The minimum atomic E-state index is 0.0241. The Hall–Kier alpha value is -1.81.